The van der Waals surface area contributed by atoms with Crippen molar-refractivity contribution in [3.63, 3.8) is 0 Å². The van der Waals surface area contributed by atoms with Crippen molar-refractivity contribution in [1.29, 1.82) is 0 Å². The maximum absolute atomic E-state index is 12.6. The van der Waals surface area contributed by atoms with Crippen LogP contribution in [0.2, 0.25) is 0 Å². The first-order valence-electron chi connectivity index (χ1n) is 9.10. The third-order valence-electron chi connectivity index (χ3n) is 4.12. The van der Waals surface area contributed by atoms with E-state index < -0.39 is 28.0 Å². The van der Waals surface area contributed by atoms with Gasteiger partial charge in [-0.15, -0.1) is 6.42 Å². The third-order valence-corrected chi connectivity index (χ3v) is 4.95. The van der Waals surface area contributed by atoms with E-state index in [9.17, 15) is 18.0 Å². The van der Waals surface area contributed by atoms with Crippen LogP contribution >= 0.6 is 0 Å². The fraction of sp³-hybridized carbons (Fsp3) is 0.182. The molecule has 2 N–H and O–H groups in total. The fourth-order valence-electron chi connectivity index (χ4n) is 2.54. The van der Waals surface area contributed by atoms with Gasteiger partial charge in [0.1, 0.15) is 17.5 Å². The molecule has 2 aromatic carbocycles. The molecule has 0 radical (unpaired) electrons. The SMILES string of the molecule is C#CCNC(=O)[C@H](Cc1ccc(OS(=O)(=O)C=C)cc1)NC(=O)c1ccc(OC)cc1. The zero-order chi connectivity index (χ0) is 22.9. The standard InChI is InChI=1S/C22H22N2O6S/c1-4-14-23-22(26)20(24-21(25)17-8-12-18(29-3)13-9-17)15-16-6-10-19(11-7-16)30-31(27,28)5-2/h1,5-13,20H,2,14-15H2,3H3,(H,23,26)(H,24,25)/t20-/m0/s1. The minimum atomic E-state index is -3.87. The van der Waals surface area contributed by atoms with Crippen molar-refractivity contribution in [3.8, 4) is 23.8 Å². The number of terminal acetylenes is 1. The molecule has 0 aliphatic heterocycles. The molecule has 162 valence electrons. The molecule has 0 fully saturated rings. The van der Waals surface area contributed by atoms with E-state index in [1.165, 1.54) is 19.2 Å². The lowest BCUT2D eigenvalue weighted by atomic mass is 10.0. The minimum absolute atomic E-state index is 0.0138. The lowest BCUT2D eigenvalue weighted by molar-refractivity contribution is -0.122. The Hall–Kier alpha value is -3.77. The van der Waals surface area contributed by atoms with Crippen molar-refractivity contribution in [2.45, 2.75) is 12.5 Å². The number of carbonyl (C=O) groups is 2. The summed E-state index contributed by atoms with van der Waals surface area (Å²) in [6, 6.07) is 11.6. The van der Waals surface area contributed by atoms with Crippen molar-refractivity contribution in [1.82, 2.24) is 10.6 Å². The number of nitrogens with one attached hydrogen (secondary N) is 2. The number of carbonyl (C=O) groups excluding carboxylic acids is 2. The second-order valence-corrected chi connectivity index (χ2v) is 7.75. The van der Waals surface area contributed by atoms with Gasteiger partial charge in [-0.1, -0.05) is 24.6 Å². The average Bonchev–Trinajstić information content (AvgIpc) is 2.78. The second kappa shape index (κ2) is 10.8. The molecule has 0 bridgehead atoms. The molecule has 9 heteroatoms. The van der Waals surface area contributed by atoms with E-state index in [1.807, 2.05) is 0 Å². The van der Waals surface area contributed by atoms with Gasteiger partial charge in [-0.2, -0.15) is 8.42 Å². The van der Waals surface area contributed by atoms with Gasteiger partial charge in [-0.25, -0.2) is 0 Å². The molecule has 2 aromatic rings. The Labute approximate surface area is 181 Å². The van der Waals surface area contributed by atoms with E-state index in [0.717, 1.165) is 0 Å². The van der Waals surface area contributed by atoms with Gasteiger partial charge in [0.25, 0.3) is 5.91 Å². The van der Waals surface area contributed by atoms with Gasteiger partial charge >= 0.3 is 10.1 Å². The molecule has 8 nitrogen and oxygen atoms in total. The zero-order valence-electron chi connectivity index (χ0n) is 16.8. The predicted octanol–water partition coefficient (Wildman–Crippen LogP) is 1.64. The van der Waals surface area contributed by atoms with Crippen molar-refractivity contribution in [3.05, 3.63) is 71.6 Å². The normalized spacial score (nSPS) is 11.5. The molecule has 0 unspecified atom stereocenters. The Morgan fingerprint density at radius 1 is 1.13 bits per heavy atom. The first kappa shape index (κ1) is 23.5. The van der Waals surface area contributed by atoms with E-state index in [2.05, 4.69) is 23.1 Å². The van der Waals surface area contributed by atoms with Crippen molar-refractivity contribution in [2.75, 3.05) is 13.7 Å². The molecular formula is C22H22N2O6S. The highest BCUT2D eigenvalue weighted by Gasteiger charge is 2.22. The van der Waals surface area contributed by atoms with Crippen molar-refractivity contribution in [2.24, 2.45) is 0 Å². The third kappa shape index (κ3) is 7.21. The monoisotopic (exact) mass is 442 g/mol. The van der Waals surface area contributed by atoms with Crippen LogP contribution in [0.5, 0.6) is 11.5 Å². The van der Waals surface area contributed by atoms with Gasteiger partial charge < -0.3 is 19.6 Å². The molecule has 0 saturated heterocycles. The van der Waals surface area contributed by atoms with Crippen LogP contribution in [0.4, 0.5) is 0 Å². The van der Waals surface area contributed by atoms with Crippen LogP contribution in [0, 0.1) is 12.3 Å². The summed E-state index contributed by atoms with van der Waals surface area (Å²) in [7, 11) is -2.35. The van der Waals surface area contributed by atoms with Gasteiger partial charge in [-0.3, -0.25) is 9.59 Å². The van der Waals surface area contributed by atoms with Gasteiger partial charge in [-0.05, 0) is 42.0 Å². The lowest BCUT2D eigenvalue weighted by Crippen LogP contribution is -2.48. The summed E-state index contributed by atoms with van der Waals surface area (Å²) >= 11 is 0. The summed E-state index contributed by atoms with van der Waals surface area (Å²) in [5, 5.41) is 5.94. The number of hydrogen-bond acceptors (Lipinski definition) is 6. The van der Waals surface area contributed by atoms with Gasteiger partial charge in [0, 0.05) is 12.0 Å². The predicted molar refractivity (Wildman–Crippen MR) is 116 cm³/mol. The quantitative estimate of drug-likeness (QED) is 0.428. The Kier molecular flexibility index (Phi) is 8.23. The van der Waals surface area contributed by atoms with Crippen LogP contribution in [0.1, 0.15) is 15.9 Å². The van der Waals surface area contributed by atoms with Gasteiger partial charge in [0.2, 0.25) is 5.91 Å². The number of hydrogen-bond donors (Lipinski definition) is 2. The highest BCUT2D eigenvalue weighted by Crippen LogP contribution is 2.16. The summed E-state index contributed by atoms with van der Waals surface area (Å²) in [5.41, 5.74) is 1.02. The van der Waals surface area contributed by atoms with Crippen LogP contribution < -0.4 is 19.6 Å². The highest BCUT2D eigenvalue weighted by molar-refractivity contribution is 7.90. The molecule has 0 aliphatic carbocycles. The van der Waals surface area contributed by atoms with E-state index in [1.54, 1.807) is 36.4 Å². The van der Waals surface area contributed by atoms with Crippen molar-refractivity contribution >= 4 is 21.9 Å². The van der Waals surface area contributed by atoms with Crippen LogP contribution in [0.25, 0.3) is 0 Å². The molecule has 31 heavy (non-hydrogen) atoms. The van der Waals surface area contributed by atoms with Crippen LogP contribution in [0.15, 0.2) is 60.5 Å². The molecule has 2 amide bonds. The van der Waals surface area contributed by atoms with E-state index in [-0.39, 0.29) is 18.7 Å². The molecular weight excluding hydrogens is 420 g/mol. The van der Waals surface area contributed by atoms with E-state index in [4.69, 9.17) is 15.3 Å². The summed E-state index contributed by atoms with van der Waals surface area (Å²) in [4.78, 5) is 25.1. The molecule has 0 saturated carbocycles. The highest BCUT2D eigenvalue weighted by atomic mass is 32.2. The largest absolute Gasteiger partial charge is 0.497 e. The van der Waals surface area contributed by atoms with E-state index >= 15 is 0 Å². The maximum atomic E-state index is 12.6. The van der Waals surface area contributed by atoms with Gasteiger partial charge in [0.15, 0.2) is 0 Å². The van der Waals surface area contributed by atoms with E-state index in [0.29, 0.717) is 22.3 Å². The van der Waals surface area contributed by atoms with Crippen LogP contribution in [-0.4, -0.2) is 39.9 Å². The molecule has 0 aliphatic rings. The van der Waals surface area contributed by atoms with Crippen molar-refractivity contribution < 1.29 is 26.9 Å². The average molecular weight is 442 g/mol. The topological polar surface area (TPSA) is 111 Å². The minimum Gasteiger partial charge on any atom is -0.497 e. The second-order valence-electron chi connectivity index (χ2n) is 6.27. The number of benzene rings is 2. The molecule has 2 rings (SSSR count). The van der Waals surface area contributed by atoms with Gasteiger partial charge in [0.05, 0.1) is 19.1 Å². The number of ether oxygens (including phenoxy) is 1. The first-order valence-corrected chi connectivity index (χ1v) is 10.6. The Morgan fingerprint density at radius 3 is 2.29 bits per heavy atom. The summed E-state index contributed by atoms with van der Waals surface area (Å²) in [6.07, 6.45) is 5.34. The Morgan fingerprint density at radius 2 is 1.74 bits per heavy atom. The fourth-order valence-corrected chi connectivity index (χ4v) is 2.99. The zero-order valence-corrected chi connectivity index (χ0v) is 17.6. The Bertz CT molecular complexity index is 1070. The lowest BCUT2D eigenvalue weighted by Gasteiger charge is -2.18. The molecule has 1 atom stereocenters. The first-order chi connectivity index (χ1) is 14.8. The van der Waals surface area contributed by atoms with Crippen LogP contribution in [0.3, 0.4) is 0 Å². The summed E-state index contributed by atoms with van der Waals surface area (Å²) in [5.74, 6) is 2.11. The summed E-state index contributed by atoms with van der Waals surface area (Å²) < 4.78 is 32.8. The van der Waals surface area contributed by atoms with Crippen LogP contribution in [-0.2, 0) is 21.3 Å². The maximum Gasteiger partial charge on any atom is 0.331 e. The number of amides is 2. The molecule has 0 spiro atoms. The number of methoxy groups -OCH3 is 1. The Balaban J connectivity index is 2.15. The number of rotatable bonds is 10. The molecule has 0 heterocycles. The smallest absolute Gasteiger partial charge is 0.331 e. The molecule has 0 aromatic heterocycles. The summed E-state index contributed by atoms with van der Waals surface area (Å²) in [6.45, 7) is 3.19.